The maximum atomic E-state index is 11.6. The molecule has 5 heteroatoms. The van der Waals surface area contributed by atoms with Gasteiger partial charge in [0.2, 0.25) is 0 Å². The van der Waals surface area contributed by atoms with E-state index in [4.69, 9.17) is 4.74 Å². The highest BCUT2D eigenvalue weighted by Gasteiger charge is 2.17. The van der Waals surface area contributed by atoms with Crippen LogP contribution >= 0.6 is 0 Å². The predicted octanol–water partition coefficient (Wildman–Crippen LogP) is 1.95. The van der Waals surface area contributed by atoms with Gasteiger partial charge in [-0.1, -0.05) is 0 Å². The fraction of sp³-hybridized carbons (Fsp3) is 0.385. The van der Waals surface area contributed by atoms with Gasteiger partial charge in [-0.3, -0.25) is 5.10 Å². The van der Waals surface area contributed by atoms with Gasteiger partial charge in [0, 0.05) is 24.2 Å². The Morgan fingerprint density at radius 3 is 2.89 bits per heavy atom. The Kier molecular flexibility index (Phi) is 2.66. The summed E-state index contributed by atoms with van der Waals surface area (Å²) in [7, 11) is 1.37. The number of esters is 1. The van der Waals surface area contributed by atoms with Gasteiger partial charge < -0.3 is 9.64 Å². The van der Waals surface area contributed by atoms with E-state index < -0.39 is 5.97 Å². The number of hydrogen-bond acceptors (Lipinski definition) is 4. The van der Waals surface area contributed by atoms with Gasteiger partial charge >= 0.3 is 5.97 Å². The molecule has 2 heterocycles. The number of carbonyl (C=O) groups is 1. The van der Waals surface area contributed by atoms with Crippen molar-refractivity contribution in [3.63, 3.8) is 0 Å². The van der Waals surface area contributed by atoms with Crippen LogP contribution in [0.3, 0.4) is 0 Å². The molecule has 1 aliphatic rings. The third kappa shape index (κ3) is 1.72. The lowest BCUT2D eigenvalue weighted by atomic mass is 10.2. The van der Waals surface area contributed by atoms with Crippen LogP contribution in [-0.4, -0.2) is 36.4 Å². The molecule has 2 aromatic rings. The third-order valence-electron chi connectivity index (χ3n) is 3.40. The molecule has 1 aromatic heterocycles. The summed E-state index contributed by atoms with van der Waals surface area (Å²) in [5.74, 6) is -0.403. The zero-order chi connectivity index (χ0) is 12.5. The van der Waals surface area contributed by atoms with E-state index in [-0.39, 0.29) is 0 Å². The zero-order valence-electron chi connectivity index (χ0n) is 10.3. The normalized spacial score (nSPS) is 15.3. The van der Waals surface area contributed by atoms with Gasteiger partial charge in [0.05, 0.1) is 12.6 Å². The Labute approximate surface area is 105 Å². The lowest BCUT2D eigenvalue weighted by molar-refractivity contribution is 0.0596. The summed E-state index contributed by atoms with van der Waals surface area (Å²) in [6.07, 6.45) is 2.46. The number of fused-ring (bicyclic) bond motifs is 1. The van der Waals surface area contributed by atoms with E-state index in [2.05, 4.69) is 21.2 Å². The lowest BCUT2D eigenvalue weighted by Crippen LogP contribution is -2.17. The van der Waals surface area contributed by atoms with Crippen LogP contribution in [0, 0.1) is 0 Å². The Bertz CT molecular complexity index is 585. The molecule has 0 saturated carbocycles. The Balaban J connectivity index is 2.06. The molecule has 94 valence electrons. The first kappa shape index (κ1) is 11.1. The van der Waals surface area contributed by atoms with Crippen LogP contribution in [0.25, 0.3) is 10.9 Å². The molecular formula is C13H15N3O2. The van der Waals surface area contributed by atoms with Gasteiger partial charge in [-0.2, -0.15) is 5.10 Å². The maximum absolute atomic E-state index is 11.6. The highest BCUT2D eigenvalue weighted by Crippen LogP contribution is 2.26. The number of nitrogens with one attached hydrogen (secondary N) is 1. The summed E-state index contributed by atoms with van der Waals surface area (Å²) in [4.78, 5) is 13.9. The smallest absolute Gasteiger partial charge is 0.359 e. The molecule has 18 heavy (non-hydrogen) atoms. The average Bonchev–Trinajstić information content (AvgIpc) is 3.06. The minimum atomic E-state index is -0.403. The summed E-state index contributed by atoms with van der Waals surface area (Å²) in [5.41, 5.74) is 2.36. The van der Waals surface area contributed by atoms with E-state index in [1.54, 1.807) is 0 Å². The molecule has 0 bridgehead atoms. The number of rotatable bonds is 2. The highest BCUT2D eigenvalue weighted by atomic mass is 16.5. The van der Waals surface area contributed by atoms with E-state index in [0.29, 0.717) is 5.69 Å². The zero-order valence-corrected chi connectivity index (χ0v) is 10.3. The standard InChI is InChI=1S/C13H15N3O2/c1-18-13(17)12-10-8-9(16-6-2-3-7-16)4-5-11(10)14-15-12/h4-5,8H,2-3,6-7H2,1H3,(H,14,15). The molecule has 5 nitrogen and oxygen atoms in total. The monoisotopic (exact) mass is 245 g/mol. The quantitative estimate of drug-likeness (QED) is 0.821. The number of benzene rings is 1. The number of ether oxygens (including phenoxy) is 1. The summed E-state index contributed by atoms with van der Waals surface area (Å²) in [6.45, 7) is 2.16. The summed E-state index contributed by atoms with van der Waals surface area (Å²) < 4.78 is 4.73. The minimum Gasteiger partial charge on any atom is -0.464 e. The first-order valence-electron chi connectivity index (χ1n) is 6.11. The molecule has 0 aliphatic carbocycles. The third-order valence-corrected chi connectivity index (χ3v) is 3.40. The van der Waals surface area contributed by atoms with Crippen molar-refractivity contribution in [2.45, 2.75) is 12.8 Å². The lowest BCUT2D eigenvalue weighted by Gasteiger charge is -2.17. The summed E-state index contributed by atoms with van der Waals surface area (Å²) in [5, 5.41) is 7.69. The van der Waals surface area contributed by atoms with Crippen molar-refractivity contribution >= 4 is 22.6 Å². The number of carbonyl (C=O) groups excluding carboxylic acids is 1. The number of aromatic amines is 1. The topological polar surface area (TPSA) is 58.2 Å². The molecule has 0 atom stereocenters. The van der Waals surface area contributed by atoms with Crippen molar-refractivity contribution in [1.82, 2.24) is 10.2 Å². The van der Waals surface area contributed by atoms with Crippen LogP contribution < -0.4 is 4.90 Å². The molecule has 1 fully saturated rings. The van der Waals surface area contributed by atoms with Crippen molar-refractivity contribution in [1.29, 1.82) is 0 Å². The van der Waals surface area contributed by atoms with Crippen LogP contribution in [0.1, 0.15) is 23.3 Å². The van der Waals surface area contributed by atoms with Crippen LogP contribution in [0.2, 0.25) is 0 Å². The molecular weight excluding hydrogens is 230 g/mol. The first-order chi connectivity index (χ1) is 8.79. The van der Waals surface area contributed by atoms with Crippen LogP contribution in [-0.2, 0) is 4.74 Å². The van der Waals surface area contributed by atoms with Crippen molar-refractivity contribution in [3.8, 4) is 0 Å². The summed E-state index contributed by atoms with van der Waals surface area (Å²) >= 11 is 0. The molecule has 1 aromatic carbocycles. The van der Waals surface area contributed by atoms with E-state index in [0.717, 1.165) is 29.7 Å². The number of nitrogens with zero attached hydrogens (tertiary/aromatic N) is 2. The van der Waals surface area contributed by atoms with Gasteiger partial charge in [-0.05, 0) is 31.0 Å². The molecule has 1 N–H and O–H groups in total. The SMILES string of the molecule is COC(=O)c1n[nH]c2ccc(N3CCCC3)cc12. The van der Waals surface area contributed by atoms with Crippen molar-refractivity contribution < 1.29 is 9.53 Å². The first-order valence-corrected chi connectivity index (χ1v) is 6.11. The minimum absolute atomic E-state index is 0.355. The fourth-order valence-electron chi connectivity index (χ4n) is 2.43. The number of aromatic nitrogens is 2. The van der Waals surface area contributed by atoms with Crippen LogP contribution in [0.15, 0.2) is 18.2 Å². The summed E-state index contributed by atoms with van der Waals surface area (Å²) in [6, 6.07) is 6.03. The molecule has 3 rings (SSSR count). The van der Waals surface area contributed by atoms with Gasteiger partial charge in [0.1, 0.15) is 0 Å². The molecule has 0 spiro atoms. The molecule has 1 aliphatic heterocycles. The fourth-order valence-corrected chi connectivity index (χ4v) is 2.43. The number of methoxy groups -OCH3 is 1. The van der Waals surface area contributed by atoms with E-state index in [9.17, 15) is 4.79 Å². The van der Waals surface area contributed by atoms with Gasteiger partial charge in [-0.25, -0.2) is 4.79 Å². The molecule has 0 radical (unpaired) electrons. The molecule has 0 amide bonds. The second-order valence-electron chi connectivity index (χ2n) is 4.49. The molecule has 0 unspecified atom stereocenters. The maximum Gasteiger partial charge on any atom is 0.359 e. The van der Waals surface area contributed by atoms with Crippen molar-refractivity contribution in [3.05, 3.63) is 23.9 Å². The van der Waals surface area contributed by atoms with E-state index in [1.807, 2.05) is 12.1 Å². The van der Waals surface area contributed by atoms with Crippen molar-refractivity contribution in [2.24, 2.45) is 0 Å². The predicted molar refractivity (Wildman–Crippen MR) is 68.9 cm³/mol. The van der Waals surface area contributed by atoms with Gasteiger partial charge in [0.25, 0.3) is 0 Å². The van der Waals surface area contributed by atoms with Crippen LogP contribution in [0.5, 0.6) is 0 Å². The van der Waals surface area contributed by atoms with Crippen molar-refractivity contribution in [2.75, 3.05) is 25.1 Å². The van der Waals surface area contributed by atoms with E-state index >= 15 is 0 Å². The number of anilines is 1. The second kappa shape index (κ2) is 4.33. The van der Waals surface area contributed by atoms with Gasteiger partial charge in [0.15, 0.2) is 5.69 Å². The largest absolute Gasteiger partial charge is 0.464 e. The number of H-pyrrole nitrogens is 1. The average molecular weight is 245 g/mol. The van der Waals surface area contributed by atoms with E-state index in [1.165, 1.54) is 20.0 Å². The van der Waals surface area contributed by atoms with Crippen LogP contribution in [0.4, 0.5) is 5.69 Å². The Morgan fingerprint density at radius 1 is 1.39 bits per heavy atom. The second-order valence-corrected chi connectivity index (χ2v) is 4.49. The highest BCUT2D eigenvalue weighted by molar-refractivity contribution is 6.02. The van der Waals surface area contributed by atoms with Gasteiger partial charge in [-0.15, -0.1) is 0 Å². The Hall–Kier alpha value is -2.04. The molecule has 1 saturated heterocycles. The Morgan fingerprint density at radius 2 is 2.17 bits per heavy atom. The number of hydrogen-bond donors (Lipinski definition) is 1.